The summed E-state index contributed by atoms with van der Waals surface area (Å²) in [6.45, 7) is 3.72. The number of nitro benzene ring substituents is 1. The van der Waals surface area contributed by atoms with Gasteiger partial charge >= 0.3 is 0 Å². The van der Waals surface area contributed by atoms with Crippen molar-refractivity contribution in [2.75, 3.05) is 13.7 Å². The predicted molar refractivity (Wildman–Crippen MR) is 77.5 cm³/mol. The second-order valence-electron chi connectivity index (χ2n) is 4.76. The average molecular weight is 296 g/mol. The topological polar surface area (TPSA) is 102 Å². The Balaban J connectivity index is 2.95. The van der Waals surface area contributed by atoms with Crippen LogP contribution in [0.4, 0.5) is 5.69 Å². The maximum Gasteiger partial charge on any atom is 0.270 e. The number of carbonyl (C=O) groups is 1. The number of ether oxygens (including phenoxy) is 1. The normalized spacial score (nSPS) is 11.0. The third-order valence-corrected chi connectivity index (χ3v) is 3.53. The van der Waals surface area contributed by atoms with Crippen LogP contribution >= 0.6 is 0 Å². The quantitative estimate of drug-likeness (QED) is 0.591. The zero-order valence-electron chi connectivity index (χ0n) is 12.4. The van der Waals surface area contributed by atoms with Gasteiger partial charge in [0.2, 0.25) is 0 Å². The molecule has 116 valence electrons. The Kier molecular flexibility index (Phi) is 5.66. The van der Waals surface area contributed by atoms with Crippen molar-refractivity contribution in [2.45, 2.75) is 32.3 Å². The average Bonchev–Trinajstić information content (AvgIpc) is 2.51. The number of non-ortho nitro benzene ring substituents is 1. The summed E-state index contributed by atoms with van der Waals surface area (Å²) in [6, 6.07) is 3.80. The molecule has 1 aromatic carbocycles. The molecular formula is C14H20N2O5. The van der Waals surface area contributed by atoms with Crippen molar-refractivity contribution in [2.24, 2.45) is 0 Å². The highest BCUT2D eigenvalue weighted by atomic mass is 16.6. The minimum atomic E-state index is -0.983. The monoisotopic (exact) mass is 296 g/mol. The number of nitrogens with zero attached hydrogens (tertiary/aromatic N) is 1. The molecule has 0 bridgehead atoms. The Morgan fingerprint density at radius 2 is 2.05 bits per heavy atom. The lowest BCUT2D eigenvalue weighted by atomic mass is 9.97. The number of nitrogens with one attached hydrogen (secondary N) is 1. The number of benzene rings is 1. The van der Waals surface area contributed by atoms with Gasteiger partial charge < -0.3 is 15.2 Å². The van der Waals surface area contributed by atoms with Crippen molar-refractivity contribution < 1.29 is 19.6 Å². The van der Waals surface area contributed by atoms with Crippen LogP contribution in [0.15, 0.2) is 18.2 Å². The second kappa shape index (κ2) is 7.03. The van der Waals surface area contributed by atoms with E-state index < -0.39 is 16.4 Å². The molecule has 0 aliphatic carbocycles. The number of carbonyl (C=O) groups excluding carboxylic acids is 1. The molecule has 1 aromatic rings. The van der Waals surface area contributed by atoms with Gasteiger partial charge in [-0.15, -0.1) is 0 Å². The highest BCUT2D eigenvalue weighted by Crippen LogP contribution is 2.24. The number of aliphatic hydroxyl groups is 1. The van der Waals surface area contributed by atoms with Crippen LogP contribution in [0, 0.1) is 10.1 Å². The van der Waals surface area contributed by atoms with Crippen molar-refractivity contribution in [3.63, 3.8) is 0 Å². The molecule has 2 N–H and O–H groups in total. The SMILES string of the molecule is CCC(O)(CC)CNC(=O)c1cc([N+](=O)[O-])ccc1OC. The molecule has 0 radical (unpaired) electrons. The predicted octanol–water partition coefficient (Wildman–Crippen LogP) is 1.88. The number of nitro groups is 1. The molecule has 1 rings (SSSR count). The third kappa shape index (κ3) is 4.16. The summed E-state index contributed by atoms with van der Waals surface area (Å²) in [5, 5.41) is 23.5. The van der Waals surface area contributed by atoms with Crippen LogP contribution in [0.3, 0.4) is 0 Å². The van der Waals surface area contributed by atoms with E-state index in [9.17, 15) is 20.0 Å². The zero-order chi connectivity index (χ0) is 16.0. The van der Waals surface area contributed by atoms with Crippen molar-refractivity contribution in [3.05, 3.63) is 33.9 Å². The number of hydrogen-bond acceptors (Lipinski definition) is 5. The zero-order valence-corrected chi connectivity index (χ0v) is 12.4. The van der Waals surface area contributed by atoms with Crippen molar-refractivity contribution in [1.29, 1.82) is 0 Å². The van der Waals surface area contributed by atoms with E-state index in [1.165, 1.54) is 19.2 Å². The molecule has 0 atom stereocenters. The van der Waals surface area contributed by atoms with Crippen LogP contribution in [-0.2, 0) is 0 Å². The molecule has 0 fully saturated rings. The number of rotatable bonds is 7. The van der Waals surface area contributed by atoms with Gasteiger partial charge in [0.25, 0.3) is 11.6 Å². The summed E-state index contributed by atoms with van der Waals surface area (Å²) in [6.07, 6.45) is 0.992. The smallest absolute Gasteiger partial charge is 0.270 e. The fourth-order valence-corrected chi connectivity index (χ4v) is 1.83. The molecule has 1 amide bonds. The van der Waals surface area contributed by atoms with Crippen LogP contribution in [0.25, 0.3) is 0 Å². The van der Waals surface area contributed by atoms with E-state index in [1.54, 1.807) is 0 Å². The molecule has 0 saturated heterocycles. The fraction of sp³-hybridized carbons (Fsp3) is 0.500. The largest absolute Gasteiger partial charge is 0.496 e. The molecular weight excluding hydrogens is 276 g/mol. The lowest BCUT2D eigenvalue weighted by molar-refractivity contribution is -0.384. The highest BCUT2D eigenvalue weighted by molar-refractivity contribution is 5.97. The highest BCUT2D eigenvalue weighted by Gasteiger charge is 2.24. The Morgan fingerprint density at radius 1 is 1.43 bits per heavy atom. The second-order valence-corrected chi connectivity index (χ2v) is 4.76. The number of methoxy groups -OCH3 is 1. The molecule has 0 saturated carbocycles. The van der Waals surface area contributed by atoms with Crippen LogP contribution < -0.4 is 10.1 Å². The Morgan fingerprint density at radius 3 is 2.52 bits per heavy atom. The molecule has 7 heteroatoms. The maximum atomic E-state index is 12.2. The van der Waals surface area contributed by atoms with Gasteiger partial charge in [-0.2, -0.15) is 0 Å². The number of hydrogen-bond donors (Lipinski definition) is 2. The summed E-state index contributed by atoms with van der Waals surface area (Å²) in [5.41, 5.74) is -1.10. The van der Waals surface area contributed by atoms with Gasteiger partial charge in [-0.25, -0.2) is 0 Å². The van der Waals surface area contributed by atoms with E-state index in [-0.39, 0.29) is 23.5 Å². The lowest BCUT2D eigenvalue weighted by Crippen LogP contribution is -2.42. The van der Waals surface area contributed by atoms with Crippen LogP contribution in [0.1, 0.15) is 37.0 Å². The maximum absolute atomic E-state index is 12.2. The molecule has 0 aliphatic heterocycles. The van der Waals surface area contributed by atoms with Crippen LogP contribution in [-0.4, -0.2) is 35.2 Å². The fourth-order valence-electron chi connectivity index (χ4n) is 1.83. The summed E-state index contributed by atoms with van der Waals surface area (Å²) >= 11 is 0. The van der Waals surface area contributed by atoms with Gasteiger partial charge in [0.05, 0.1) is 23.2 Å². The Labute approximate surface area is 123 Å². The van der Waals surface area contributed by atoms with Gasteiger partial charge in [0.15, 0.2) is 0 Å². The van der Waals surface area contributed by atoms with E-state index in [0.717, 1.165) is 6.07 Å². The number of amides is 1. The summed E-state index contributed by atoms with van der Waals surface area (Å²) in [4.78, 5) is 22.4. The minimum Gasteiger partial charge on any atom is -0.496 e. The van der Waals surface area contributed by atoms with E-state index in [0.29, 0.717) is 12.8 Å². The van der Waals surface area contributed by atoms with E-state index in [2.05, 4.69) is 5.32 Å². The standard InChI is InChI=1S/C14H20N2O5/c1-4-14(18,5-2)9-15-13(17)11-8-10(16(19)20)6-7-12(11)21-3/h6-8,18H,4-5,9H2,1-3H3,(H,15,17). The first-order chi connectivity index (χ1) is 9.86. The first-order valence-corrected chi connectivity index (χ1v) is 6.70. The van der Waals surface area contributed by atoms with Gasteiger partial charge in [0, 0.05) is 18.7 Å². The molecule has 0 aromatic heterocycles. The first-order valence-electron chi connectivity index (χ1n) is 6.70. The molecule has 0 spiro atoms. The van der Waals surface area contributed by atoms with E-state index >= 15 is 0 Å². The first kappa shape index (κ1) is 16.9. The third-order valence-electron chi connectivity index (χ3n) is 3.53. The summed E-state index contributed by atoms with van der Waals surface area (Å²) in [5.74, 6) is -0.273. The van der Waals surface area contributed by atoms with Gasteiger partial charge in [-0.3, -0.25) is 14.9 Å². The molecule has 21 heavy (non-hydrogen) atoms. The van der Waals surface area contributed by atoms with Crippen LogP contribution in [0.2, 0.25) is 0 Å². The van der Waals surface area contributed by atoms with Gasteiger partial charge in [-0.05, 0) is 18.9 Å². The Hall–Kier alpha value is -2.15. The Bertz CT molecular complexity index is 526. The van der Waals surface area contributed by atoms with Crippen LogP contribution in [0.5, 0.6) is 5.75 Å². The van der Waals surface area contributed by atoms with Crippen molar-refractivity contribution in [1.82, 2.24) is 5.32 Å². The minimum absolute atomic E-state index is 0.0706. The molecule has 0 unspecified atom stereocenters. The van der Waals surface area contributed by atoms with Crippen molar-refractivity contribution in [3.8, 4) is 5.75 Å². The summed E-state index contributed by atoms with van der Waals surface area (Å²) in [7, 11) is 1.38. The lowest BCUT2D eigenvalue weighted by Gasteiger charge is -2.25. The molecule has 0 heterocycles. The van der Waals surface area contributed by atoms with E-state index in [4.69, 9.17) is 4.74 Å². The molecule has 0 aliphatic rings. The van der Waals surface area contributed by atoms with Gasteiger partial charge in [0.1, 0.15) is 5.75 Å². The van der Waals surface area contributed by atoms with E-state index in [1.807, 2.05) is 13.8 Å². The van der Waals surface area contributed by atoms with Gasteiger partial charge in [-0.1, -0.05) is 13.8 Å². The molecule has 7 nitrogen and oxygen atoms in total. The van der Waals surface area contributed by atoms with Crippen molar-refractivity contribution >= 4 is 11.6 Å². The summed E-state index contributed by atoms with van der Waals surface area (Å²) < 4.78 is 5.04.